The van der Waals surface area contributed by atoms with E-state index in [9.17, 15) is 4.39 Å². The van der Waals surface area contributed by atoms with E-state index in [0.29, 0.717) is 13.0 Å². The molecular weight excluding hydrogens is 229 g/mol. The summed E-state index contributed by atoms with van der Waals surface area (Å²) in [5, 5.41) is 3.26. The van der Waals surface area contributed by atoms with Crippen LogP contribution in [-0.2, 0) is 11.2 Å². The van der Waals surface area contributed by atoms with Gasteiger partial charge in [0.05, 0.1) is 6.10 Å². The Balaban J connectivity index is 2.73. The molecule has 0 aromatic heterocycles. The van der Waals surface area contributed by atoms with Crippen molar-refractivity contribution in [1.29, 1.82) is 0 Å². The molecule has 0 fully saturated rings. The molecule has 2 unspecified atom stereocenters. The van der Waals surface area contributed by atoms with Crippen molar-refractivity contribution in [2.75, 3.05) is 13.7 Å². The maximum atomic E-state index is 13.7. The summed E-state index contributed by atoms with van der Waals surface area (Å²) in [6, 6.07) is 7.10. The van der Waals surface area contributed by atoms with E-state index in [1.54, 1.807) is 6.07 Å². The fourth-order valence-electron chi connectivity index (χ4n) is 2.22. The molecule has 1 N–H and O–H groups in total. The zero-order valence-electron chi connectivity index (χ0n) is 11.6. The molecule has 18 heavy (non-hydrogen) atoms. The van der Waals surface area contributed by atoms with Gasteiger partial charge in [-0.05, 0) is 38.4 Å². The first-order valence-corrected chi connectivity index (χ1v) is 6.75. The van der Waals surface area contributed by atoms with Crippen LogP contribution in [0.1, 0.15) is 32.3 Å². The van der Waals surface area contributed by atoms with Crippen LogP contribution in [0.25, 0.3) is 0 Å². The molecule has 0 saturated heterocycles. The van der Waals surface area contributed by atoms with Crippen LogP contribution >= 0.6 is 0 Å². The SMILES string of the molecule is CCCC(OCC)C(Cc1ccccc1F)NC. The van der Waals surface area contributed by atoms with Crippen LogP contribution in [0.4, 0.5) is 4.39 Å². The van der Waals surface area contributed by atoms with E-state index in [4.69, 9.17) is 4.74 Å². The zero-order chi connectivity index (χ0) is 13.4. The van der Waals surface area contributed by atoms with Gasteiger partial charge >= 0.3 is 0 Å². The van der Waals surface area contributed by atoms with Crippen LogP contribution in [0.15, 0.2) is 24.3 Å². The first-order valence-electron chi connectivity index (χ1n) is 6.75. The molecule has 0 aliphatic carbocycles. The maximum Gasteiger partial charge on any atom is 0.126 e. The van der Waals surface area contributed by atoms with Crippen LogP contribution in [-0.4, -0.2) is 25.8 Å². The van der Waals surface area contributed by atoms with E-state index < -0.39 is 0 Å². The standard InChI is InChI=1S/C15H24FNO/c1-4-8-15(18-5-2)14(17-3)11-12-9-6-7-10-13(12)16/h6-7,9-10,14-15,17H,4-5,8,11H2,1-3H3. The molecule has 2 atom stereocenters. The van der Waals surface area contributed by atoms with E-state index in [2.05, 4.69) is 12.2 Å². The minimum absolute atomic E-state index is 0.135. The lowest BCUT2D eigenvalue weighted by molar-refractivity contribution is 0.0299. The van der Waals surface area contributed by atoms with E-state index >= 15 is 0 Å². The molecule has 0 heterocycles. The molecule has 2 nitrogen and oxygen atoms in total. The monoisotopic (exact) mass is 253 g/mol. The summed E-state index contributed by atoms with van der Waals surface area (Å²) >= 11 is 0. The third-order valence-electron chi connectivity index (χ3n) is 3.17. The second kappa shape index (κ2) is 8.22. The second-order valence-electron chi connectivity index (χ2n) is 4.47. The summed E-state index contributed by atoms with van der Waals surface area (Å²) in [5.41, 5.74) is 0.748. The van der Waals surface area contributed by atoms with Gasteiger partial charge in [-0.15, -0.1) is 0 Å². The van der Waals surface area contributed by atoms with Gasteiger partial charge in [-0.1, -0.05) is 31.5 Å². The molecule has 1 rings (SSSR count). The van der Waals surface area contributed by atoms with Crippen molar-refractivity contribution in [2.24, 2.45) is 0 Å². The van der Waals surface area contributed by atoms with Crippen LogP contribution < -0.4 is 5.32 Å². The fraction of sp³-hybridized carbons (Fsp3) is 0.600. The molecule has 102 valence electrons. The molecule has 0 bridgehead atoms. The molecule has 0 aliphatic rings. The minimum Gasteiger partial charge on any atom is -0.377 e. The summed E-state index contributed by atoms with van der Waals surface area (Å²) in [5.74, 6) is -0.135. The largest absolute Gasteiger partial charge is 0.377 e. The highest BCUT2D eigenvalue weighted by atomic mass is 19.1. The minimum atomic E-state index is -0.135. The number of halogens is 1. The predicted molar refractivity (Wildman–Crippen MR) is 73.3 cm³/mol. The average Bonchev–Trinajstić information content (AvgIpc) is 2.38. The molecule has 0 spiro atoms. The van der Waals surface area contributed by atoms with E-state index in [0.717, 1.165) is 18.4 Å². The predicted octanol–water partition coefficient (Wildman–Crippen LogP) is 3.16. The van der Waals surface area contributed by atoms with Crippen LogP contribution in [0.2, 0.25) is 0 Å². The molecule has 1 aromatic rings. The quantitative estimate of drug-likeness (QED) is 0.768. The van der Waals surface area contributed by atoms with Gasteiger partial charge in [0.15, 0.2) is 0 Å². The zero-order valence-corrected chi connectivity index (χ0v) is 11.6. The Hall–Kier alpha value is -0.930. The highest BCUT2D eigenvalue weighted by molar-refractivity contribution is 5.18. The Kier molecular flexibility index (Phi) is 6.91. The van der Waals surface area contributed by atoms with Gasteiger partial charge in [-0.25, -0.2) is 4.39 Å². The summed E-state index contributed by atoms with van der Waals surface area (Å²) < 4.78 is 19.4. The summed E-state index contributed by atoms with van der Waals surface area (Å²) in [6.45, 7) is 4.83. The number of nitrogens with one attached hydrogen (secondary N) is 1. The molecule has 1 aromatic carbocycles. The van der Waals surface area contributed by atoms with E-state index in [1.165, 1.54) is 6.07 Å². The normalized spacial score (nSPS) is 14.4. The van der Waals surface area contributed by atoms with Gasteiger partial charge in [0, 0.05) is 12.6 Å². The van der Waals surface area contributed by atoms with Crippen molar-refractivity contribution in [1.82, 2.24) is 5.32 Å². The van der Waals surface area contributed by atoms with Gasteiger partial charge in [0.1, 0.15) is 5.82 Å². The first kappa shape index (κ1) is 15.1. The summed E-state index contributed by atoms with van der Waals surface area (Å²) in [4.78, 5) is 0. The lowest BCUT2D eigenvalue weighted by Gasteiger charge is -2.26. The van der Waals surface area contributed by atoms with Gasteiger partial charge in [0.2, 0.25) is 0 Å². The van der Waals surface area contributed by atoms with Crippen molar-refractivity contribution < 1.29 is 9.13 Å². The number of hydrogen-bond acceptors (Lipinski definition) is 2. The van der Waals surface area contributed by atoms with Gasteiger partial charge in [0.25, 0.3) is 0 Å². The van der Waals surface area contributed by atoms with E-state index in [1.807, 2.05) is 26.1 Å². The Morgan fingerprint density at radius 3 is 2.56 bits per heavy atom. The van der Waals surface area contributed by atoms with E-state index in [-0.39, 0.29) is 18.0 Å². The Labute approximate surface area is 110 Å². The van der Waals surface area contributed by atoms with Gasteiger partial charge in [-0.2, -0.15) is 0 Å². The third-order valence-corrected chi connectivity index (χ3v) is 3.17. The van der Waals surface area contributed by atoms with Crippen LogP contribution in [0.3, 0.4) is 0 Å². The van der Waals surface area contributed by atoms with Crippen LogP contribution in [0, 0.1) is 5.82 Å². The first-order chi connectivity index (χ1) is 8.72. The highest BCUT2D eigenvalue weighted by Crippen LogP contribution is 2.15. The van der Waals surface area contributed by atoms with Crippen molar-refractivity contribution in [2.45, 2.75) is 45.3 Å². The number of hydrogen-bond donors (Lipinski definition) is 1. The van der Waals surface area contributed by atoms with Crippen molar-refractivity contribution in [3.05, 3.63) is 35.6 Å². The Morgan fingerprint density at radius 2 is 2.00 bits per heavy atom. The van der Waals surface area contributed by atoms with Crippen LogP contribution in [0.5, 0.6) is 0 Å². The third kappa shape index (κ3) is 4.39. The number of ether oxygens (including phenoxy) is 1. The molecule has 0 amide bonds. The average molecular weight is 253 g/mol. The topological polar surface area (TPSA) is 21.3 Å². The Morgan fingerprint density at radius 1 is 1.28 bits per heavy atom. The smallest absolute Gasteiger partial charge is 0.126 e. The number of likely N-dealkylation sites (N-methyl/N-ethyl adjacent to an activating group) is 1. The second-order valence-corrected chi connectivity index (χ2v) is 4.47. The fourth-order valence-corrected chi connectivity index (χ4v) is 2.22. The molecular formula is C15H24FNO. The summed E-state index contributed by atoms with van der Waals surface area (Å²) in [6.07, 6.45) is 2.87. The van der Waals surface area contributed by atoms with Gasteiger partial charge < -0.3 is 10.1 Å². The molecule has 0 saturated carbocycles. The lowest BCUT2D eigenvalue weighted by atomic mass is 9.98. The van der Waals surface area contributed by atoms with Crippen molar-refractivity contribution in [3.63, 3.8) is 0 Å². The maximum absolute atomic E-state index is 13.7. The van der Waals surface area contributed by atoms with Crippen molar-refractivity contribution >= 4 is 0 Å². The Bertz CT molecular complexity index is 337. The molecule has 0 radical (unpaired) electrons. The number of benzene rings is 1. The lowest BCUT2D eigenvalue weighted by Crippen LogP contribution is -2.41. The number of rotatable bonds is 8. The molecule has 3 heteroatoms. The summed E-state index contributed by atoms with van der Waals surface area (Å²) in [7, 11) is 1.91. The highest BCUT2D eigenvalue weighted by Gasteiger charge is 2.21. The molecule has 0 aliphatic heterocycles. The van der Waals surface area contributed by atoms with Gasteiger partial charge in [-0.3, -0.25) is 0 Å². The van der Waals surface area contributed by atoms with Crippen molar-refractivity contribution in [3.8, 4) is 0 Å².